The van der Waals surface area contributed by atoms with Gasteiger partial charge in [-0.15, -0.1) is 0 Å². The SMILES string of the molecule is CCC(O)C=CC=CCC=CCC=CCC=CCCCCCC(=O)OCC(O)CO. The zero-order valence-corrected chi connectivity index (χ0v) is 18.4. The highest BCUT2D eigenvalue weighted by Gasteiger charge is 2.07. The molecule has 0 aromatic carbocycles. The fraction of sp³-hybridized carbons (Fsp3) is 0.560. The Morgan fingerprint density at radius 2 is 1.50 bits per heavy atom. The minimum absolute atomic E-state index is 0.138. The molecule has 0 aliphatic rings. The van der Waals surface area contributed by atoms with Gasteiger partial charge in [-0.2, -0.15) is 0 Å². The van der Waals surface area contributed by atoms with Gasteiger partial charge in [0.05, 0.1) is 12.7 Å². The molecule has 0 amide bonds. The number of unbranched alkanes of at least 4 members (excludes halogenated alkanes) is 3. The number of aliphatic hydroxyl groups excluding tert-OH is 3. The zero-order valence-electron chi connectivity index (χ0n) is 18.4. The summed E-state index contributed by atoms with van der Waals surface area (Å²) in [5, 5.41) is 27.1. The van der Waals surface area contributed by atoms with E-state index >= 15 is 0 Å². The van der Waals surface area contributed by atoms with E-state index in [0.717, 1.165) is 51.4 Å². The first-order valence-electron chi connectivity index (χ1n) is 11.0. The van der Waals surface area contributed by atoms with Crippen LogP contribution in [0.15, 0.2) is 60.8 Å². The van der Waals surface area contributed by atoms with Crippen molar-refractivity contribution in [1.29, 1.82) is 0 Å². The van der Waals surface area contributed by atoms with Gasteiger partial charge in [0.1, 0.15) is 12.7 Å². The Morgan fingerprint density at radius 3 is 2.13 bits per heavy atom. The van der Waals surface area contributed by atoms with Gasteiger partial charge in [0.15, 0.2) is 0 Å². The summed E-state index contributed by atoms with van der Waals surface area (Å²) in [6.07, 6.45) is 26.9. The molecular weight excluding hydrogens is 380 g/mol. The van der Waals surface area contributed by atoms with E-state index in [2.05, 4.69) is 42.5 Å². The van der Waals surface area contributed by atoms with Crippen LogP contribution in [0, 0.1) is 0 Å². The molecule has 0 bridgehead atoms. The minimum Gasteiger partial charge on any atom is -0.463 e. The maximum Gasteiger partial charge on any atom is 0.305 e. The van der Waals surface area contributed by atoms with Gasteiger partial charge in [-0.05, 0) is 44.9 Å². The first-order valence-corrected chi connectivity index (χ1v) is 11.0. The number of rotatable bonds is 18. The summed E-state index contributed by atoms with van der Waals surface area (Å²) in [7, 11) is 0. The molecule has 3 N–H and O–H groups in total. The zero-order chi connectivity index (χ0) is 22.3. The van der Waals surface area contributed by atoms with Gasteiger partial charge in [0.2, 0.25) is 0 Å². The first kappa shape index (κ1) is 28.1. The van der Waals surface area contributed by atoms with Crippen molar-refractivity contribution >= 4 is 5.97 Å². The summed E-state index contributed by atoms with van der Waals surface area (Å²) < 4.78 is 4.85. The van der Waals surface area contributed by atoms with Crippen molar-refractivity contribution < 1.29 is 24.9 Å². The van der Waals surface area contributed by atoms with Crippen LogP contribution in [0.5, 0.6) is 0 Å². The van der Waals surface area contributed by atoms with Crippen molar-refractivity contribution in [3.05, 3.63) is 60.8 Å². The number of esters is 1. The maximum atomic E-state index is 11.4. The largest absolute Gasteiger partial charge is 0.463 e. The Balaban J connectivity index is 3.53. The number of ether oxygens (including phenoxy) is 1. The fourth-order valence-electron chi connectivity index (χ4n) is 2.34. The van der Waals surface area contributed by atoms with Crippen LogP contribution < -0.4 is 0 Å². The molecule has 0 rings (SSSR count). The monoisotopic (exact) mass is 420 g/mol. The van der Waals surface area contributed by atoms with Crippen molar-refractivity contribution in [2.45, 2.75) is 76.9 Å². The van der Waals surface area contributed by atoms with Crippen molar-refractivity contribution in [3.8, 4) is 0 Å². The highest BCUT2D eigenvalue weighted by molar-refractivity contribution is 5.69. The predicted octanol–water partition coefficient (Wildman–Crippen LogP) is 4.56. The van der Waals surface area contributed by atoms with Gasteiger partial charge in [-0.1, -0.05) is 74.1 Å². The summed E-state index contributed by atoms with van der Waals surface area (Å²) in [6.45, 7) is 1.42. The van der Waals surface area contributed by atoms with Crippen LogP contribution in [0.3, 0.4) is 0 Å². The van der Waals surface area contributed by atoms with Gasteiger partial charge in [0.25, 0.3) is 0 Å². The average Bonchev–Trinajstić information content (AvgIpc) is 2.76. The topological polar surface area (TPSA) is 87.0 Å². The number of hydrogen-bond donors (Lipinski definition) is 3. The normalized spacial score (nSPS) is 14.7. The third kappa shape index (κ3) is 20.8. The molecule has 170 valence electrons. The van der Waals surface area contributed by atoms with E-state index in [0.29, 0.717) is 6.42 Å². The van der Waals surface area contributed by atoms with Crippen LogP contribution in [-0.2, 0) is 9.53 Å². The molecule has 0 aromatic rings. The average molecular weight is 421 g/mol. The number of allylic oxidation sites excluding steroid dienone is 9. The molecule has 0 aliphatic carbocycles. The highest BCUT2D eigenvalue weighted by Crippen LogP contribution is 2.05. The van der Waals surface area contributed by atoms with E-state index in [9.17, 15) is 9.90 Å². The van der Waals surface area contributed by atoms with Crippen LogP contribution in [0.2, 0.25) is 0 Å². The molecule has 0 radical (unpaired) electrons. The minimum atomic E-state index is -0.985. The Morgan fingerprint density at radius 1 is 0.867 bits per heavy atom. The lowest BCUT2D eigenvalue weighted by atomic mass is 10.1. The van der Waals surface area contributed by atoms with Crippen LogP contribution >= 0.6 is 0 Å². The molecule has 0 saturated heterocycles. The Bertz CT molecular complexity index is 546. The summed E-state index contributed by atoms with van der Waals surface area (Å²) >= 11 is 0. The van der Waals surface area contributed by atoms with Gasteiger partial charge < -0.3 is 20.1 Å². The third-order valence-electron chi connectivity index (χ3n) is 4.21. The molecule has 5 nitrogen and oxygen atoms in total. The van der Waals surface area contributed by atoms with Crippen LogP contribution in [0.1, 0.15) is 64.7 Å². The van der Waals surface area contributed by atoms with Crippen LogP contribution in [0.4, 0.5) is 0 Å². The molecular formula is C25H40O5. The lowest BCUT2D eigenvalue weighted by molar-refractivity contribution is -0.147. The van der Waals surface area contributed by atoms with Gasteiger partial charge in [-0.3, -0.25) is 4.79 Å². The standard InChI is InChI=1S/C25H40O5/c1-2-23(27)19-17-15-13-11-9-7-5-3-4-6-8-10-12-14-16-18-20-25(29)30-22-24(28)21-26/h3-4,7-10,13,15,17,19,23-24,26-28H,2,5-6,11-12,14,16,18,20-22H2,1H3. The number of carbonyl (C=O) groups excluding carboxylic acids is 1. The van der Waals surface area contributed by atoms with Crippen molar-refractivity contribution in [2.75, 3.05) is 13.2 Å². The molecule has 2 atom stereocenters. The molecule has 0 aliphatic heterocycles. The second-order valence-electron chi connectivity index (χ2n) is 7.03. The summed E-state index contributed by atoms with van der Waals surface area (Å²) in [5.74, 6) is -0.322. The molecule has 0 heterocycles. The fourth-order valence-corrected chi connectivity index (χ4v) is 2.34. The van der Waals surface area contributed by atoms with Gasteiger partial charge in [-0.25, -0.2) is 0 Å². The quantitative estimate of drug-likeness (QED) is 0.131. The van der Waals surface area contributed by atoms with Gasteiger partial charge in [0, 0.05) is 6.42 Å². The van der Waals surface area contributed by atoms with Crippen molar-refractivity contribution in [1.82, 2.24) is 0 Å². The van der Waals surface area contributed by atoms with E-state index < -0.39 is 12.7 Å². The van der Waals surface area contributed by atoms with E-state index in [-0.39, 0.29) is 18.7 Å². The Labute approximate surface area is 182 Å². The molecule has 0 saturated carbocycles. The molecule has 2 unspecified atom stereocenters. The van der Waals surface area contributed by atoms with Gasteiger partial charge >= 0.3 is 5.97 Å². The first-order chi connectivity index (χ1) is 14.6. The van der Waals surface area contributed by atoms with Crippen LogP contribution in [-0.4, -0.2) is 46.7 Å². The van der Waals surface area contributed by atoms with Crippen molar-refractivity contribution in [3.63, 3.8) is 0 Å². The number of hydrogen-bond acceptors (Lipinski definition) is 5. The third-order valence-corrected chi connectivity index (χ3v) is 4.21. The highest BCUT2D eigenvalue weighted by atomic mass is 16.5. The summed E-state index contributed by atoms with van der Waals surface area (Å²) in [4.78, 5) is 11.4. The Kier molecular flexibility index (Phi) is 20.3. The summed E-state index contributed by atoms with van der Waals surface area (Å²) in [6, 6.07) is 0. The number of carbonyl (C=O) groups is 1. The Hall–Kier alpha value is -1.95. The molecule has 0 spiro atoms. The predicted molar refractivity (Wildman–Crippen MR) is 123 cm³/mol. The maximum absolute atomic E-state index is 11.4. The molecule has 0 fully saturated rings. The second kappa shape index (κ2) is 21.8. The lowest BCUT2D eigenvalue weighted by Gasteiger charge is -2.08. The lowest BCUT2D eigenvalue weighted by Crippen LogP contribution is -2.21. The van der Waals surface area contributed by atoms with Crippen molar-refractivity contribution in [2.24, 2.45) is 0 Å². The smallest absolute Gasteiger partial charge is 0.305 e. The van der Waals surface area contributed by atoms with E-state index in [1.54, 1.807) is 6.08 Å². The molecule has 5 heteroatoms. The molecule has 0 aromatic heterocycles. The molecule has 30 heavy (non-hydrogen) atoms. The van der Waals surface area contributed by atoms with E-state index in [4.69, 9.17) is 14.9 Å². The van der Waals surface area contributed by atoms with Crippen LogP contribution in [0.25, 0.3) is 0 Å². The van der Waals surface area contributed by atoms with E-state index in [1.165, 1.54) is 0 Å². The number of aliphatic hydroxyl groups is 3. The second-order valence-corrected chi connectivity index (χ2v) is 7.03. The summed E-state index contributed by atoms with van der Waals surface area (Å²) in [5.41, 5.74) is 0. The van der Waals surface area contributed by atoms with E-state index in [1.807, 2.05) is 19.1 Å².